The third kappa shape index (κ3) is 3.57. The van der Waals surface area contributed by atoms with Crippen molar-refractivity contribution >= 4 is 23.4 Å². The lowest BCUT2D eigenvalue weighted by Crippen LogP contribution is -2.42. The second kappa shape index (κ2) is 7.26. The standard InChI is InChI=1S/C18H20N4O5/c23-16-5-3-13(19-20-16)18(25)22-7-1-6-21(8-9-22)17(24)12-2-4-14-15(10-12)27-11-26-14/h2,4,10H,1,3,5-9,11H2,(H,20,23). The molecule has 0 saturated carbocycles. The highest BCUT2D eigenvalue weighted by Gasteiger charge is 2.27. The minimum atomic E-state index is -0.178. The van der Waals surface area contributed by atoms with Gasteiger partial charge in [-0.05, 0) is 24.6 Å². The Morgan fingerprint density at radius 2 is 1.70 bits per heavy atom. The van der Waals surface area contributed by atoms with Crippen LogP contribution in [0, 0.1) is 0 Å². The quantitative estimate of drug-likeness (QED) is 0.808. The zero-order chi connectivity index (χ0) is 18.8. The van der Waals surface area contributed by atoms with Crippen molar-refractivity contribution in [1.29, 1.82) is 0 Å². The van der Waals surface area contributed by atoms with Gasteiger partial charge in [-0.1, -0.05) is 0 Å². The van der Waals surface area contributed by atoms with Crippen molar-refractivity contribution in [2.24, 2.45) is 5.10 Å². The average Bonchev–Trinajstić information content (AvgIpc) is 3.02. The highest BCUT2D eigenvalue weighted by molar-refractivity contribution is 6.39. The minimum Gasteiger partial charge on any atom is -0.454 e. The number of ether oxygens (including phenoxy) is 2. The molecule has 1 N–H and O–H groups in total. The van der Waals surface area contributed by atoms with Crippen LogP contribution in [0.2, 0.25) is 0 Å². The summed E-state index contributed by atoms with van der Waals surface area (Å²) in [5.74, 6) is 0.768. The SMILES string of the molecule is O=C1CCC(C(=O)N2CCCN(C(=O)c3ccc4c(c3)OCO4)CC2)=NN1. The first-order valence-electron chi connectivity index (χ1n) is 8.95. The van der Waals surface area contributed by atoms with Gasteiger partial charge in [0.1, 0.15) is 5.71 Å². The summed E-state index contributed by atoms with van der Waals surface area (Å²) in [5.41, 5.74) is 3.26. The predicted octanol–water partition coefficient (Wildman–Crippen LogP) is 0.356. The smallest absolute Gasteiger partial charge is 0.270 e. The summed E-state index contributed by atoms with van der Waals surface area (Å²) in [7, 11) is 0. The molecule has 142 valence electrons. The maximum Gasteiger partial charge on any atom is 0.270 e. The van der Waals surface area contributed by atoms with Gasteiger partial charge in [-0.15, -0.1) is 0 Å². The van der Waals surface area contributed by atoms with Crippen molar-refractivity contribution in [1.82, 2.24) is 15.2 Å². The number of carbonyl (C=O) groups is 3. The summed E-state index contributed by atoms with van der Waals surface area (Å²) >= 11 is 0. The fourth-order valence-corrected chi connectivity index (χ4v) is 3.35. The van der Waals surface area contributed by atoms with Gasteiger partial charge in [0.25, 0.3) is 11.8 Å². The highest BCUT2D eigenvalue weighted by atomic mass is 16.7. The van der Waals surface area contributed by atoms with Gasteiger partial charge in [0.05, 0.1) is 0 Å². The molecule has 0 bridgehead atoms. The molecule has 3 heterocycles. The summed E-state index contributed by atoms with van der Waals surface area (Å²) in [6.45, 7) is 2.16. The molecule has 3 aliphatic rings. The number of amides is 3. The van der Waals surface area contributed by atoms with E-state index >= 15 is 0 Å². The normalized spacial score (nSPS) is 19.3. The Labute approximate surface area is 155 Å². The average molecular weight is 372 g/mol. The van der Waals surface area contributed by atoms with E-state index in [-0.39, 0.29) is 30.9 Å². The molecule has 0 aromatic heterocycles. The molecule has 0 aliphatic carbocycles. The lowest BCUT2D eigenvalue weighted by molar-refractivity contribution is -0.124. The molecule has 3 amide bonds. The Hall–Kier alpha value is -3.10. The molecule has 1 aromatic rings. The van der Waals surface area contributed by atoms with Crippen molar-refractivity contribution < 1.29 is 23.9 Å². The van der Waals surface area contributed by atoms with Crippen LogP contribution in [0.5, 0.6) is 11.5 Å². The molecule has 3 aliphatic heterocycles. The molecule has 9 nitrogen and oxygen atoms in total. The van der Waals surface area contributed by atoms with Crippen LogP contribution in [0.3, 0.4) is 0 Å². The van der Waals surface area contributed by atoms with Crippen LogP contribution in [-0.4, -0.2) is 66.2 Å². The summed E-state index contributed by atoms with van der Waals surface area (Å²) in [6, 6.07) is 5.15. The molecule has 1 fully saturated rings. The van der Waals surface area contributed by atoms with Gasteiger partial charge in [-0.3, -0.25) is 14.4 Å². The maximum atomic E-state index is 12.8. The number of fused-ring (bicyclic) bond motifs is 1. The van der Waals surface area contributed by atoms with Crippen molar-refractivity contribution in [2.75, 3.05) is 33.0 Å². The third-order valence-corrected chi connectivity index (χ3v) is 4.84. The monoisotopic (exact) mass is 372 g/mol. The lowest BCUT2D eigenvalue weighted by Gasteiger charge is -2.23. The highest BCUT2D eigenvalue weighted by Crippen LogP contribution is 2.32. The van der Waals surface area contributed by atoms with Crippen LogP contribution in [0.25, 0.3) is 0 Å². The van der Waals surface area contributed by atoms with Crippen LogP contribution >= 0.6 is 0 Å². The van der Waals surface area contributed by atoms with E-state index in [0.717, 1.165) is 0 Å². The molecular weight excluding hydrogens is 352 g/mol. The van der Waals surface area contributed by atoms with E-state index in [1.807, 2.05) is 0 Å². The number of hydrogen-bond donors (Lipinski definition) is 1. The number of benzene rings is 1. The molecule has 0 radical (unpaired) electrons. The van der Waals surface area contributed by atoms with Gasteiger partial charge >= 0.3 is 0 Å². The second-order valence-electron chi connectivity index (χ2n) is 6.60. The Kier molecular flexibility index (Phi) is 4.66. The summed E-state index contributed by atoms with van der Waals surface area (Å²) in [4.78, 5) is 40.0. The number of hydrazone groups is 1. The molecule has 9 heteroatoms. The molecule has 0 spiro atoms. The van der Waals surface area contributed by atoms with Crippen LogP contribution in [0.15, 0.2) is 23.3 Å². The van der Waals surface area contributed by atoms with Crippen LogP contribution in [-0.2, 0) is 9.59 Å². The van der Waals surface area contributed by atoms with E-state index in [2.05, 4.69) is 10.5 Å². The first-order chi connectivity index (χ1) is 13.1. The first kappa shape index (κ1) is 17.3. The zero-order valence-electron chi connectivity index (χ0n) is 14.8. The van der Waals surface area contributed by atoms with Gasteiger partial charge in [-0.25, -0.2) is 5.43 Å². The van der Waals surface area contributed by atoms with Crippen LogP contribution < -0.4 is 14.9 Å². The Morgan fingerprint density at radius 3 is 2.44 bits per heavy atom. The van der Waals surface area contributed by atoms with Gasteiger partial charge in [-0.2, -0.15) is 5.10 Å². The van der Waals surface area contributed by atoms with E-state index in [4.69, 9.17) is 9.47 Å². The van der Waals surface area contributed by atoms with Gasteiger partial charge in [0, 0.05) is 44.6 Å². The number of nitrogens with zero attached hydrogens (tertiary/aromatic N) is 3. The largest absolute Gasteiger partial charge is 0.454 e. The molecular formula is C18H20N4O5. The van der Waals surface area contributed by atoms with Gasteiger partial charge in [0.2, 0.25) is 12.7 Å². The fourth-order valence-electron chi connectivity index (χ4n) is 3.35. The Bertz CT molecular complexity index is 822. The van der Waals surface area contributed by atoms with Crippen molar-refractivity contribution in [3.8, 4) is 11.5 Å². The molecule has 1 aromatic carbocycles. The summed E-state index contributed by atoms with van der Waals surface area (Å²) in [6.07, 6.45) is 1.30. The third-order valence-electron chi connectivity index (χ3n) is 4.84. The fraction of sp³-hybridized carbons (Fsp3) is 0.444. The summed E-state index contributed by atoms with van der Waals surface area (Å²) < 4.78 is 10.6. The number of hydrogen-bond acceptors (Lipinski definition) is 6. The molecule has 4 rings (SSSR count). The number of carbonyl (C=O) groups excluding carboxylic acids is 3. The van der Waals surface area contributed by atoms with Crippen molar-refractivity contribution in [3.63, 3.8) is 0 Å². The van der Waals surface area contributed by atoms with Crippen LogP contribution in [0.1, 0.15) is 29.6 Å². The molecule has 0 atom stereocenters. The summed E-state index contributed by atoms with van der Waals surface area (Å²) in [5, 5.41) is 3.87. The molecule has 27 heavy (non-hydrogen) atoms. The van der Waals surface area contributed by atoms with E-state index in [0.29, 0.717) is 61.8 Å². The van der Waals surface area contributed by atoms with Gasteiger partial charge < -0.3 is 19.3 Å². The zero-order valence-corrected chi connectivity index (χ0v) is 14.8. The van der Waals surface area contributed by atoms with E-state index in [1.165, 1.54) is 0 Å². The Balaban J connectivity index is 1.40. The molecule has 0 unspecified atom stereocenters. The van der Waals surface area contributed by atoms with E-state index < -0.39 is 0 Å². The predicted molar refractivity (Wildman–Crippen MR) is 94.5 cm³/mol. The van der Waals surface area contributed by atoms with Gasteiger partial charge in [0.15, 0.2) is 11.5 Å². The molecule has 1 saturated heterocycles. The lowest BCUT2D eigenvalue weighted by atomic mass is 10.1. The van der Waals surface area contributed by atoms with Crippen molar-refractivity contribution in [2.45, 2.75) is 19.3 Å². The van der Waals surface area contributed by atoms with E-state index in [9.17, 15) is 14.4 Å². The number of rotatable bonds is 2. The first-order valence-corrected chi connectivity index (χ1v) is 8.95. The topological polar surface area (TPSA) is 101 Å². The van der Waals surface area contributed by atoms with Crippen molar-refractivity contribution in [3.05, 3.63) is 23.8 Å². The van der Waals surface area contributed by atoms with E-state index in [1.54, 1.807) is 28.0 Å². The maximum absolute atomic E-state index is 12.8. The Morgan fingerprint density at radius 1 is 0.963 bits per heavy atom. The minimum absolute atomic E-state index is 0.0927. The van der Waals surface area contributed by atoms with Crippen LogP contribution in [0.4, 0.5) is 0 Å². The number of nitrogens with one attached hydrogen (secondary N) is 1. The second-order valence-corrected chi connectivity index (χ2v) is 6.60.